The second kappa shape index (κ2) is 6.71. The van der Waals surface area contributed by atoms with Crippen molar-refractivity contribution in [2.45, 2.75) is 38.3 Å². The molecule has 3 heterocycles. The van der Waals surface area contributed by atoms with Crippen molar-refractivity contribution in [1.29, 1.82) is 0 Å². The van der Waals surface area contributed by atoms with Crippen molar-refractivity contribution in [2.75, 3.05) is 11.9 Å². The molecule has 124 valence electrons. The van der Waals surface area contributed by atoms with Crippen LogP contribution in [-0.2, 0) is 6.54 Å². The van der Waals surface area contributed by atoms with E-state index in [0.29, 0.717) is 12.4 Å². The van der Waals surface area contributed by atoms with Crippen molar-refractivity contribution in [3.05, 3.63) is 24.4 Å². The van der Waals surface area contributed by atoms with Gasteiger partial charge in [0.1, 0.15) is 18.7 Å². The normalized spacial score (nSPS) is 18.4. The molecular weight excluding hydrogens is 308 g/mol. The number of hydrogen-bond acceptors (Lipinski definition) is 4. The number of alkyl halides is 2. The van der Waals surface area contributed by atoms with Crippen molar-refractivity contribution >= 4 is 11.8 Å². The monoisotopic (exact) mass is 325 g/mol. The summed E-state index contributed by atoms with van der Waals surface area (Å²) in [4.78, 5) is 18.2. The molecule has 0 aromatic carbocycles. The van der Waals surface area contributed by atoms with Gasteiger partial charge >= 0.3 is 6.03 Å². The number of piperidine rings is 1. The first-order valence-corrected chi connectivity index (χ1v) is 7.38. The zero-order valence-electron chi connectivity index (χ0n) is 12.3. The van der Waals surface area contributed by atoms with E-state index in [-0.39, 0.29) is 17.9 Å². The van der Waals surface area contributed by atoms with E-state index in [1.165, 1.54) is 18.6 Å². The highest BCUT2D eigenvalue weighted by atomic mass is 19.3. The second-order valence-electron chi connectivity index (χ2n) is 5.32. The minimum absolute atomic E-state index is 0.172. The van der Waals surface area contributed by atoms with Gasteiger partial charge in [-0.2, -0.15) is 10.2 Å². The molecule has 0 unspecified atom stereocenters. The summed E-state index contributed by atoms with van der Waals surface area (Å²) in [6, 6.07) is 0.996. The highest BCUT2D eigenvalue weighted by Gasteiger charge is 2.30. The van der Waals surface area contributed by atoms with Crippen molar-refractivity contribution < 1.29 is 13.6 Å². The number of carbonyl (C=O) groups is 1. The van der Waals surface area contributed by atoms with Crippen LogP contribution in [0.5, 0.6) is 0 Å². The standard InChI is InChI=1S/C13H17F2N7O/c14-10(15)7-21-6-4-11(20-21)18-13(23)22-5-2-1-3-9(22)12-16-8-17-19-12/h4,6,8-10H,1-3,5,7H2,(H,16,17,19)(H,18,20,23)/t9-/m1/s1. The molecular formula is C13H17F2N7O. The van der Waals surface area contributed by atoms with E-state index in [1.807, 2.05) is 0 Å². The smallest absolute Gasteiger partial charge is 0.314 e. The topological polar surface area (TPSA) is 91.7 Å². The van der Waals surface area contributed by atoms with Gasteiger partial charge < -0.3 is 4.90 Å². The summed E-state index contributed by atoms with van der Waals surface area (Å²) in [7, 11) is 0. The number of urea groups is 1. The predicted molar refractivity (Wildman–Crippen MR) is 76.9 cm³/mol. The Labute approximate surface area is 130 Å². The quantitative estimate of drug-likeness (QED) is 0.899. The van der Waals surface area contributed by atoms with E-state index >= 15 is 0 Å². The van der Waals surface area contributed by atoms with Gasteiger partial charge in [-0.3, -0.25) is 15.1 Å². The number of hydrogen-bond donors (Lipinski definition) is 2. The van der Waals surface area contributed by atoms with Crippen molar-refractivity contribution in [3.63, 3.8) is 0 Å². The van der Waals surface area contributed by atoms with Crippen LogP contribution in [0.3, 0.4) is 0 Å². The Morgan fingerprint density at radius 2 is 2.35 bits per heavy atom. The average molecular weight is 325 g/mol. The third kappa shape index (κ3) is 3.63. The lowest BCUT2D eigenvalue weighted by Crippen LogP contribution is -2.41. The van der Waals surface area contributed by atoms with Crippen LogP contribution in [0.15, 0.2) is 18.6 Å². The number of nitrogens with one attached hydrogen (secondary N) is 2. The zero-order valence-corrected chi connectivity index (χ0v) is 12.3. The van der Waals surface area contributed by atoms with Crippen molar-refractivity contribution in [2.24, 2.45) is 0 Å². The Hall–Kier alpha value is -2.52. The largest absolute Gasteiger partial charge is 0.323 e. The van der Waals surface area contributed by atoms with Crippen LogP contribution in [0.4, 0.5) is 19.4 Å². The van der Waals surface area contributed by atoms with E-state index in [1.54, 1.807) is 4.90 Å². The van der Waals surface area contributed by atoms with E-state index in [4.69, 9.17) is 0 Å². The molecule has 0 radical (unpaired) electrons. The summed E-state index contributed by atoms with van der Waals surface area (Å²) < 4.78 is 25.7. The van der Waals surface area contributed by atoms with Gasteiger partial charge in [-0.25, -0.2) is 18.6 Å². The molecule has 1 aliphatic heterocycles. The lowest BCUT2D eigenvalue weighted by atomic mass is 10.0. The molecule has 1 saturated heterocycles. The number of likely N-dealkylation sites (tertiary alicyclic amines) is 1. The van der Waals surface area contributed by atoms with Gasteiger partial charge in [-0.1, -0.05) is 0 Å². The van der Waals surface area contributed by atoms with Crippen molar-refractivity contribution in [3.8, 4) is 0 Å². The van der Waals surface area contributed by atoms with Crippen LogP contribution >= 0.6 is 0 Å². The maximum absolute atomic E-state index is 12.5. The zero-order chi connectivity index (χ0) is 16.2. The van der Waals surface area contributed by atoms with Crippen LogP contribution in [0.1, 0.15) is 31.1 Å². The number of nitrogens with zero attached hydrogens (tertiary/aromatic N) is 5. The first-order valence-electron chi connectivity index (χ1n) is 7.38. The van der Waals surface area contributed by atoms with Crippen LogP contribution in [0.2, 0.25) is 0 Å². The lowest BCUT2D eigenvalue weighted by Gasteiger charge is -2.33. The maximum atomic E-state index is 12.5. The Kier molecular flexibility index (Phi) is 4.49. The fraction of sp³-hybridized carbons (Fsp3) is 0.538. The molecule has 2 amide bonds. The minimum atomic E-state index is -2.49. The Morgan fingerprint density at radius 1 is 1.48 bits per heavy atom. The molecule has 23 heavy (non-hydrogen) atoms. The molecule has 1 atom stereocenters. The molecule has 10 heteroatoms. The Bertz CT molecular complexity index is 643. The fourth-order valence-electron chi connectivity index (χ4n) is 2.69. The molecule has 0 bridgehead atoms. The summed E-state index contributed by atoms with van der Waals surface area (Å²) in [5, 5.41) is 13.2. The second-order valence-corrected chi connectivity index (χ2v) is 5.32. The number of carbonyl (C=O) groups excluding carboxylic acids is 1. The van der Waals surface area contributed by atoms with Gasteiger partial charge in [0, 0.05) is 18.8 Å². The predicted octanol–water partition coefficient (Wildman–Crippen LogP) is 2.03. The third-order valence-electron chi connectivity index (χ3n) is 3.71. The highest BCUT2D eigenvalue weighted by Crippen LogP contribution is 2.28. The molecule has 8 nitrogen and oxygen atoms in total. The van der Waals surface area contributed by atoms with Crippen LogP contribution in [-0.4, -0.2) is 48.9 Å². The van der Waals surface area contributed by atoms with Gasteiger partial charge in [0.25, 0.3) is 6.43 Å². The summed E-state index contributed by atoms with van der Waals surface area (Å²) in [5.74, 6) is 0.889. The molecule has 1 aliphatic rings. The number of amides is 2. The first-order chi connectivity index (χ1) is 11.1. The summed E-state index contributed by atoms with van der Waals surface area (Å²) >= 11 is 0. The summed E-state index contributed by atoms with van der Waals surface area (Å²) in [5.41, 5.74) is 0. The fourth-order valence-corrected chi connectivity index (χ4v) is 2.69. The number of halogens is 2. The number of rotatable bonds is 4. The van der Waals surface area contributed by atoms with Crippen LogP contribution in [0.25, 0.3) is 0 Å². The molecule has 1 fully saturated rings. The molecule has 0 saturated carbocycles. The first kappa shape index (κ1) is 15.4. The van der Waals surface area contributed by atoms with Crippen molar-refractivity contribution in [1.82, 2.24) is 29.9 Å². The van der Waals surface area contributed by atoms with E-state index in [2.05, 4.69) is 25.6 Å². The molecule has 2 aromatic rings. The van der Waals surface area contributed by atoms with Crippen LogP contribution < -0.4 is 5.32 Å². The molecule has 0 aliphatic carbocycles. The SMILES string of the molecule is O=C(Nc1ccn(CC(F)F)n1)N1CCCC[C@@H]1c1ncn[nH]1. The molecule has 2 aromatic heterocycles. The summed E-state index contributed by atoms with van der Waals surface area (Å²) in [6.45, 7) is 0.0925. The Morgan fingerprint density at radius 3 is 3.09 bits per heavy atom. The summed E-state index contributed by atoms with van der Waals surface area (Å²) in [6.07, 6.45) is 3.02. The highest BCUT2D eigenvalue weighted by molar-refractivity contribution is 5.88. The van der Waals surface area contributed by atoms with Gasteiger partial charge in [0.2, 0.25) is 0 Å². The lowest BCUT2D eigenvalue weighted by molar-refractivity contribution is 0.122. The van der Waals surface area contributed by atoms with Crippen LogP contribution in [0, 0.1) is 0 Å². The van der Waals surface area contributed by atoms with Gasteiger partial charge in [-0.15, -0.1) is 0 Å². The molecule has 2 N–H and O–H groups in total. The van der Waals surface area contributed by atoms with Gasteiger partial charge in [0.05, 0.1) is 6.04 Å². The maximum Gasteiger partial charge on any atom is 0.323 e. The number of anilines is 1. The third-order valence-corrected chi connectivity index (χ3v) is 3.71. The van der Waals surface area contributed by atoms with E-state index in [0.717, 1.165) is 23.9 Å². The Balaban J connectivity index is 1.67. The molecule has 3 rings (SSSR count). The number of aromatic amines is 1. The molecule has 0 spiro atoms. The van der Waals surface area contributed by atoms with Gasteiger partial charge in [0.15, 0.2) is 5.82 Å². The van der Waals surface area contributed by atoms with Gasteiger partial charge in [-0.05, 0) is 19.3 Å². The number of aromatic nitrogens is 5. The minimum Gasteiger partial charge on any atom is -0.314 e. The van der Waals surface area contributed by atoms with E-state index < -0.39 is 13.0 Å². The van der Waals surface area contributed by atoms with E-state index in [9.17, 15) is 13.6 Å². The average Bonchev–Trinajstić information content (AvgIpc) is 3.18. The number of H-pyrrole nitrogens is 1.